The van der Waals surface area contributed by atoms with Crippen LogP contribution in [0.1, 0.15) is 20.3 Å². The van der Waals surface area contributed by atoms with Crippen molar-refractivity contribution >= 4 is 0 Å². The number of rotatable bonds is 10. The van der Waals surface area contributed by atoms with Crippen LogP contribution >= 0.6 is 0 Å². The molecule has 0 rings (SSSR count). The Balaban J connectivity index is 3.91. The molecule has 4 nitrogen and oxygen atoms in total. The molecule has 0 spiro atoms. The molecule has 1 atom stereocenters. The fourth-order valence-electron chi connectivity index (χ4n) is 1.73. The Labute approximate surface area is 107 Å². The van der Waals surface area contributed by atoms with Crippen LogP contribution in [0.15, 0.2) is 0 Å². The van der Waals surface area contributed by atoms with Gasteiger partial charge in [-0.1, -0.05) is 13.8 Å². The van der Waals surface area contributed by atoms with E-state index >= 15 is 0 Å². The predicted octanol–water partition coefficient (Wildman–Crippen LogP) is 0.883. The van der Waals surface area contributed by atoms with Crippen LogP contribution in [-0.4, -0.2) is 76.4 Å². The summed E-state index contributed by atoms with van der Waals surface area (Å²) in [7, 11) is 8.19. The van der Waals surface area contributed by atoms with E-state index in [-0.39, 0.29) is 0 Å². The minimum Gasteiger partial charge on any atom is -0.383 e. The average molecular weight is 245 g/mol. The van der Waals surface area contributed by atoms with Gasteiger partial charge < -0.3 is 15.0 Å². The van der Waals surface area contributed by atoms with E-state index < -0.39 is 0 Å². The minimum atomic E-state index is 0.463. The summed E-state index contributed by atoms with van der Waals surface area (Å²) in [6.07, 6.45) is 1.20. The Morgan fingerprint density at radius 1 is 1.12 bits per heavy atom. The molecular weight excluding hydrogens is 214 g/mol. The quantitative estimate of drug-likeness (QED) is 0.618. The van der Waals surface area contributed by atoms with E-state index in [1.807, 2.05) is 0 Å². The maximum absolute atomic E-state index is 5.29. The summed E-state index contributed by atoms with van der Waals surface area (Å²) < 4.78 is 5.29. The second kappa shape index (κ2) is 9.83. The second-order valence-corrected chi connectivity index (χ2v) is 5.31. The molecule has 17 heavy (non-hydrogen) atoms. The van der Waals surface area contributed by atoms with Gasteiger partial charge in [0.15, 0.2) is 0 Å². The van der Waals surface area contributed by atoms with Gasteiger partial charge in [0, 0.05) is 25.7 Å². The van der Waals surface area contributed by atoms with E-state index in [1.165, 1.54) is 6.42 Å². The molecule has 0 fully saturated rings. The van der Waals surface area contributed by atoms with Crippen molar-refractivity contribution in [3.63, 3.8) is 0 Å². The van der Waals surface area contributed by atoms with Crippen LogP contribution in [0.3, 0.4) is 0 Å². The van der Waals surface area contributed by atoms with Gasteiger partial charge in [0.1, 0.15) is 0 Å². The predicted molar refractivity (Wildman–Crippen MR) is 74.6 cm³/mol. The number of likely N-dealkylation sites (N-methyl/N-ethyl adjacent to an activating group) is 1. The molecule has 0 aliphatic heterocycles. The summed E-state index contributed by atoms with van der Waals surface area (Å²) in [6.45, 7) is 8.39. The zero-order valence-corrected chi connectivity index (χ0v) is 12.5. The molecular formula is C13H31N3O. The highest BCUT2D eigenvalue weighted by Gasteiger charge is 2.14. The minimum absolute atomic E-state index is 0.463. The lowest BCUT2D eigenvalue weighted by Gasteiger charge is -2.29. The molecule has 0 aliphatic carbocycles. The second-order valence-electron chi connectivity index (χ2n) is 5.31. The molecule has 1 unspecified atom stereocenters. The van der Waals surface area contributed by atoms with Crippen LogP contribution in [0.4, 0.5) is 0 Å². The zero-order valence-electron chi connectivity index (χ0n) is 12.5. The van der Waals surface area contributed by atoms with Crippen molar-refractivity contribution in [2.24, 2.45) is 0 Å². The summed E-state index contributed by atoms with van der Waals surface area (Å²) in [5, 5.41) is 3.48. The van der Waals surface area contributed by atoms with Gasteiger partial charge in [-0.3, -0.25) is 4.90 Å². The van der Waals surface area contributed by atoms with E-state index in [4.69, 9.17) is 4.74 Å². The van der Waals surface area contributed by atoms with Gasteiger partial charge in [-0.05, 0) is 40.7 Å². The maximum Gasteiger partial charge on any atom is 0.0630 e. The molecule has 0 radical (unpaired) electrons. The molecule has 0 amide bonds. The molecule has 0 saturated carbocycles. The Hall–Kier alpha value is -0.160. The first-order chi connectivity index (χ1) is 7.97. The summed E-state index contributed by atoms with van der Waals surface area (Å²) in [6, 6.07) is 0.995. The van der Waals surface area contributed by atoms with Gasteiger partial charge in [0.25, 0.3) is 0 Å². The highest BCUT2D eigenvalue weighted by Crippen LogP contribution is 1.99. The van der Waals surface area contributed by atoms with Crippen molar-refractivity contribution in [3.05, 3.63) is 0 Å². The van der Waals surface area contributed by atoms with Crippen LogP contribution in [-0.2, 0) is 4.74 Å². The van der Waals surface area contributed by atoms with Crippen molar-refractivity contribution in [2.75, 3.05) is 54.5 Å². The fourth-order valence-corrected chi connectivity index (χ4v) is 1.73. The highest BCUT2D eigenvalue weighted by molar-refractivity contribution is 4.72. The molecule has 4 heteroatoms. The summed E-state index contributed by atoms with van der Waals surface area (Å²) in [5.41, 5.74) is 0. The standard InChI is InChI=1S/C13H31N3O/c1-12(2)14-10-13(11-17-6)16(5)9-7-8-15(3)4/h12-14H,7-11H2,1-6H3. The van der Waals surface area contributed by atoms with Crippen molar-refractivity contribution in [1.29, 1.82) is 0 Å². The highest BCUT2D eigenvalue weighted by atomic mass is 16.5. The molecule has 1 N–H and O–H groups in total. The first-order valence-electron chi connectivity index (χ1n) is 6.54. The lowest BCUT2D eigenvalue weighted by molar-refractivity contribution is 0.102. The SMILES string of the molecule is COCC(CNC(C)C)N(C)CCCN(C)C. The Kier molecular flexibility index (Phi) is 9.74. The molecule has 0 saturated heterocycles. The Bertz CT molecular complexity index is 174. The molecule has 0 bridgehead atoms. The van der Waals surface area contributed by atoms with E-state index in [2.05, 4.69) is 50.1 Å². The molecule has 0 aromatic carbocycles. The molecule has 104 valence electrons. The van der Waals surface area contributed by atoms with Gasteiger partial charge in [-0.15, -0.1) is 0 Å². The largest absolute Gasteiger partial charge is 0.383 e. The maximum atomic E-state index is 5.29. The lowest BCUT2D eigenvalue weighted by atomic mass is 10.2. The third-order valence-corrected chi connectivity index (χ3v) is 2.86. The molecule has 0 aromatic heterocycles. The number of hydrogen-bond acceptors (Lipinski definition) is 4. The number of nitrogens with zero attached hydrogens (tertiary/aromatic N) is 2. The monoisotopic (exact) mass is 245 g/mol. The summed E-state index contributed by atoms with van der Waals surface area (Å²) in [5.74, 6) is 0. The zero-order chi connectivity index (χ0) is 13.3. The number of ether oxygens (including phenoxy) is 1. The van der Waals surface area contributed by atoms with Gasteiger partial charge in [0.05, 0.1) is 6.61 Å². The number of nitrogens with one attached hydrogen (secondary N) is 1. The van der Waals surface area contributed by atoms with E-state index in [0.717, 1.165) is 26.2 Å². The molecule has 0 aromatic rings. The normalized spacial score (nSPS) is 13.9. The third-order valence-electron chi connectivity index (χ3n) is 2.86. The van der Waals surface area contributed by atoms with Crippen LogP contribution in [0, 0.1) is 0 Å². The van der Waals surface area contributed by atoms with Crippen molar-refractivity contribution in [1.82, 2.24) is 15.1 Å². The molecule has 0 aliphatic rings. The van der Waals surface area contributed by atoms with Gasteiger partial charge in [-0.25, -0.2) is 0 Å². The third kappa shape index (κ3) is 9.53. The first kappa shape index (κ1) is 16.8. The van der Waals surface area contributed by atoms with Crippen LogP contribution in [0.5, 0.6) is 0 Å². The first-order valence-corrected chi connectivity index (χ1v) is 6.54. The topological polar surface area (TPSA) is 27.7 Å². The summed E-state index contributed by atoms with van der Waals surface area (Å²) in [4.78, 5) is 4.62. The van der Waals surface area contributed by atoms with E-state index in [1.54, 1.807) is 7.11 Å². The smallest absolute Gasteiger partial charge is 0.0630 e. The fraction of sp³-hybridized carbons (Fsp3) is 1.00. The Morgan fingerprint density at radius 3 is 2.24 bits per heavy atom. The number of methoxy groups -OCH3 is 1. The van der Waals surface area contributed by atoms with E-state index in [9.17, 15) is 0 Å². The van der Waals surface area contributed by atoms with Crippen LogP contribution < -0.4 is 5.32 Å². The van der Waals surface area contributed by atoms with E-state index in [0.29, 0.717) is 12.1 Å². The van der Waals surface area contributed by atoms with Crippen molar-refractivity contribution in [3.8, 4) is 0 Å². The van der Waals surface area contributed by atoms with Crippen LogP contribution in [0.2, 0.25) is 0 Å². The average Bonchev–Trinajstić information content (AvgIpc) is 2.23. The molecule has 0 heterocycles. The number of hydrogen-bond donors (Lipinski definition) is 1. The van der Waals surface area contributed by atoms with Crippen LogP contribution in [0.25, 0.3) is 0 Å². The van der Waals surface area contributed by atoms with Gasteiger partial charge in [0.2, 0.25) is 0 Å². The van der Waals surface area contributed by atoms with Crippen molar-refractivity contribution in [2.45, 2.75) is 32.4 Å². The van der Waals surface area contributed by atoms with Gasteiger partial charge in [-0.2, -0.15) is 0 Å². The summed E-state index contributed by atoms with van der Waals surface area (Å²) >= 11 is 0. The Morgan fingerprint density at radius 2 is 1.76 bits per heavy atom. The van der Waals surface area contributed by atoms with Crippen molar-refractivity contribution < 1.29 is 4.74 Å². The lowest BCUT2D eigenvalue weighted by Crippen LogP contribution is -2.45. The van der Waals surface area contributed by atoms with Gasteiger partial charge >= 0.3 is 0 Å².